The Hall–Kier alpha value is -3.02. The van der Waals surface area contributed by atoms with Crippen LogP contribution in [0.1, 0.15) is 42.6 Å². The van der Waals surface area contributed by atoms with Gasteiger partial charge >= 0.3 is 0 Å². The number of rotatable bonds is 8. The molecule has 1 aliphatic rings. The third-order valence-corrected chi connectivity index (χ3v) is 4.80. The van der Waals surface area contributed by atoms with E-state index >= 15 is 0 Å². The van der Waals surface area contributed by atoms with Crippen LogP contribution in [0.2, 0.25) is 0 Å². The quantitative estimate of drug-likeness (QED) is 0.661. The van der Waals surface area contributed by atoms with Crippen molar-refractivity contribution in [1.82, 2.24) is 10.3 Å². The molecule has 6 heteroatoms. The van der Waals surface area contributed by atoms with Crippen molar-refractivity contribution >= 4 is 17.3 Å². The molecule has 28 heavy (non-hydrogen) atoms. The highest BCUT2D eigenvalue weighted by atomic mass is 16.5. The zero-order chi connectivity index (χ0) is 19.8. The van der Waals surface area contributed by atoms with Crippen LogP contribution >= 0.6 is 0 Å². The van der Waals surface area contributed by atoms with Crippen LogP contribution in [0.15, 0.2) is 48.2 Å². The Kier molecular flexibility index (Phi) is 6.89. The summed E-state index contributed by atoms with van der Waals surface area (Å²) in [7, 11) is 3.22. The fraction of sp³-hybridized carbons (Fsp3) is 0.364. The molecule has 0 saturated carbocycles. The molecule has 1 amide bonds. The van der Waals surface area contributed by atoms with E-state index < -0.39 is 0 Å². The molecule has 0 unspecified atom stereocenters. The van der Waals surface area contributed by atoms with Crippen molar-refractivity contribution in [3.63, 3.8) is 0 Å². The van der Waals surface area contributed by atoms with E-state index in [2.05, 4.69) is 21.7 Å². The summed E-state index contributed by atoms with van der Waals surface area (Å²) >= 11 is 0. The molecule has 1 heterocycles. The fourth-order valence-electron chi connectivity index (χ4n) is 3.22. The summed E-state index contributed by atoms with van der Waals surface area (Å²) in [4.78, 5) is 16.6. The van der Waals surface area contributed by atoms with Crippen molar-refractivity contribution in [2.45, 2.75) is 32.1 Å². The van der Waals surface area contributed by atoms with Gasteiger partial charge in [-0.1, -0.05) is 11.6 Å². The lowest BCUT2D eigenvalue weighted by atomic mass is 9.97. The van der Waals surface area contributed by atoms with Gasteiger partial charge in [-0.25, -0.2) is 4.98 Å². The van der Waals surface area contributed by atoms with Gasteiger partial charge in [-0.3, -0.25) is 4.79 Å². The molecule has 0 saturated heterocycles. The van der Waals surface area contributed by atoms with Crippen LogP contribution in [0.4, 0.5) is 11.4 Å². The predicted octanol–water partition coefficient (Wildman–Crippen LogP) is 4.46. The first kappa shape index (κ1) is 19.7. The Labute approximate surface area is 166 Å². The topological polar surface area (TPSA) is 72.5 Å². The van der Waals surface area contributed by atoms with Crippen LogP contribution in [0.3, 0.4) is 0 Å². The molecule has 0 spiro atoms. The molecule has 0 radical (unpaired) electrons. The maximum absolute atomic E-state index is 12.3. The average Bonchev–Trinajstić information content (AvgIpc) is 2.75. The third kappa shape index (κ3) is 5.25. The number of carbonyl (C=O) groups is 1. The van der Waals surface area contributed by atoms with E-state index in [0.29, 0.717) is 18.0 Å². The number of allylic oxidation sites excluding steroid dienone is 1. The number of ether oxygens (including phenoxy) is 2. The van der Waals surface area contributed by atoms with E-state index in [1.807, 2.05) is 18.2 Å². The number of pyridine rings is 1. The van der Waals surface area contributed by atoms with Gasteiger partial charge in [0.2, 0.25) is 0 Å². The molecule has 148 valence electrons. The van der Waals surface area contributed by atoms with Crippen LogP contribution in [0.25, 0.3) is 0 Å². The lowest BCUT2D eigenvalue weighted by molar-refractivity contribution is 0.0949. The largest absolute Gasteiger partial charge is 0.497 e. The molecular weight excluding hydrogens is 354 g/mol. The second-order valence-electron chi connectivity index (χ2n) is 6.74. The normalized spacial score (nSPS) is 13.4. The van der Waals surface area contributed by atoms with E-state index in [0.717, 1.165) is 36.4 Å². The van der Waals surface area contributed by atoms with Gasteiger partial charge in [0.25, 0.3) is 5.91 Å². The Bertz CT molecular complexity index is 831. The Morgan fingerprint density at radius 1 is 1.14 bits per heavy atom. The first-order valence-electron chi connectivity index (χ1n) is 9.61. The van der Waals surface area contributed by atoms with Gasteiger partial charge in [0.15, 0.2) is 0 Å². The summed E-state index contributed by atoms with van der Waals surface area (Å²) in [5.74, 6) is 1.24. The van der Waals surface area contributed by atoms with E-state index in [4.69, 9.17) is 9.47 Å². The minimum atomic E-state index is -0.148. The van der Waals surface area contributed by atoms with Gasteiger partial charge in [-0.05, 0) is 56.4 Å². The van der Waals surface area contributed by atoms with Crippen LogP contribution in [0.5, 0.6) is 11.5 Å². The minimum absolute atomic E-state index is 0.148. The van der Waals surface area contributed by atoms with E-state index in [9.17, 15) is 4.79 Å². The molecule has 1 aliphatic carbocycles. The van der Waals surface area contributed by atoms with Crippen LogP contribution < -0.4 is 20.1 Å². The monoisotopic (exact) mass is 381 g/mol. The van der Waals surface area contributed by atoms with Crippen molar-refractivity contribution in [3.8, 4) is 11.5 Å². The maximum Gasteiger partial charge on any atom is 0.269 e. The molecule has 6 nitrogen and oxygen atoms in total. The van der Waals surface area contributed by atoms with Gasteiger partial charge in [-0.15, -0.1) is 0 Å². The number of hydrogen-bond donors (Lipinski definition) is 2. The third-order valence-electron chi connectivity index (χ3n) is 4.80. The van der Waals surface area contributed by atoms with Gasteiger partial charge in [-0.2, -0.15) is 0 Å². The second kappa shape index (κ2) is 9.78. The average molecular weight is 381 g/mol. The molecular formula is C22H27N3O3. The molecule has 1 aromatic heterocycles. The van der Waals surface area contributed by atoms with Crippen LogP contribution in [-0.4, -0.2) is 31.7 Å². The number of hydrogen-bond acceptors (Lipinski definition) is 5. The number of aromatic nitrogens is 1. The van der Waals surface area contributed by atoms with Gasteiger partial charge in [0, 0.05) is 12.6 Å². The van der Waals surface area contributed by atoms with Gasteiger partial charge < -0.3 is 20.1 Å². The summed E-state index contributed by atoms with van der Waals surface area (Å²) in [5.41, 5.74) is 3.42. The molecule has 1 aromatic carbocycles. The SMILES string of the molecule is COc1ccc(Nc2ccc(C(=O)NCCC3=CCCCC3)nc2)c(OC)c1. The highest BCUT2D eigenvalue weighted by Crippen LogP contribution is 2.31. The molecule has 2 N–H and O–H groups in total. The van der Waals surface area contributed by atoms with E-state index in [-0.39, 0.29) is 5.91 Å². The zero-order valence-corrected chi connectivity index (χ0v) is 16.5. The smallest absolute Gasteiger partial charge is 0.269 e. The first-order chi connectivity index (χ1) is 13.7. The molecule has 0 bridgehead atoms. The summed E-state index contributed by atoms with van der Waals surface area (Å²) in [6.45, 7) is 0.648. The Balaban J connectivity index is 1.55. The highest BCUT2D eigenvalue weighted by Gasteiger charge is 2.10. The molecule has 2 aromatic rings. The second-order valence-corrected chi connectivity index (χ2v) is 6.74. The highest BCUT2D eigenvalue weighted by molar-refractivity contribution is 5.92. The Morgan fingerprint density at radius 2 is 2.04 bits per heavy atom. The van der Waals surface area contributed by atoms with Crippen molar-refractivity contribution in [2.24, 2.45) is 0 Å². The zero-order valence-electron chi connectivity index (χ0n) is 16.5. The van der Waals surface area contributed by atoms with Gasteiger partial charge in [0.05, 0.1) is 31.8 Å². The van der Waals surface area contributed by atoms with E-state index in [1.54, 1.807) is 32.5 Å². The predicted molar refractivity (Wildman–Crippen MR) is 111 cm³/mol. The molecule has 0 atom stereocenters. The number of anilines is 2. The minimum Gasteiger partial charge on any atom is -0.497 e. The maximum atomic E-state index is 12.3. The van der Waals surface area contributed by atoms with Crippen LogP contribution in [0, 0.1) is 0 Å². The number of amides is 1. The summed E-state index contributed by atoms with van der Waals surface area (Å²) in [6, 6.07) is 9.07. The summed E-state index contributed by atoms with van der Waals surface area (Å²) < 4.78 is 10.6. The lowest BCUT2D eigenvalue weighted by Crippen LogP contribution is -2.25. The number of nitrogens with one attached hydrogen (secondary N) is 2. The number of nitrogens with zero attached hydrogens (tertiary/aromatic N) is 1. The van der Waals surface area contributed by atoms with Gasteiger partial charge in [0.1, 0.15) is 17.2 Å². The number of benzene rings is 1. The summed E-state index contributed by atoms with van der Waals surface area (Å²) in [6.07, 6.45) is 9.73. The number of methoxy groups -OCH3 is 2. The van der Waals surface area contributed by atoms with Crippen molar-refractivity contribution in [3.05, 3.63) is 53.9 Å². The Morgan fingerprint density at radius 3 is 2.71 bits per heavy atom. The molecule has 0 aliphatic heterocycles. The first-order valence-corrected chi connectivity index (χ1v) is 9.61. The lowest BCUT2D eigenvalue weighted by Gasteiger charge is -2.13. The van der Waals surface area contributed by atoms with E-state index in [1.165, 1.54) is 18.4 Å². The standard InChI is InChI=1S/C22H27N3O3/c1-27-18-9-11-19(21(14-18)28-2)25-17-8-10-20(24-15-17)22(26)23-13-12-16-6-4-3-5-7-16/h6,8-11,14-15,25H,3-5,7,12-13H2,1-2H3,(H,23,26). The molecule has 3 rings (SSSR count). The number of carbonyl (C=O) groups excluding carboxylic acids is 1. The fourth-order valence-corrected chi connectivity index (χ4v) is 3.22. The summed E-state index contributed by atoms with van der Waals surface area (Å²) in [5, 5.41) is 6.19. The van der Waals surface area contributed by atoms with Crippen molar-refractivity contribution < 1.29 is 14.3 Å². The van der Waals surface area contributed by atoms with Crippen LogP contribution in [-0.2, 0) is 0 Å². The molecule has 0 fully saturated rings. The van der Waals surface area contributed by atoms with Crippen molar-refractivity contribution in [1.29, 1.82) is 0 Å². The van der Waals surface area contributed by atoms with Crippen molar-refractivity contribution in [2.75, 3.05) is 26.1 Å².